The first kappa shape index (κ1) is 29.6. The monoisotopic (exact) mass is 634 g/mol. The number of rotatable bonds is 6. The molecule has 0 heterocycles. The van der Waals surface area contributed by atoms with Crippen molar-refractivity contribution in [1.82, 2.24) is 0 Å². The minimum Gasteiger partial charge on any atom is -0.0622 e. The second kappa shape index (κ2) is 12.8. The van der Waals surface area contributed by atoms with Crippen LogP contribution in [0.3, 0.4) is 0 Å². The molecular weight excluding hydrogens is 601 g/mol. The van der Waals surface area contributed by atoms with E-state index in [4.69, 9.17) is 0 Å². The SMILES string of the molecule is c1ccc(-c2cccc(-c3cc(-c4c5ccccc5c(-c5ccccc5)c5ccccc45)ccc3-c3ccccc3-c3ccccc3)c2)cc1. The summed E-state index contributed by atoms with van der Waals surface area (Å²) in [5.74, 6) is 0. The zero-order valence-electron chi connectivity index (χ0n) is 27.6. The van der Waals surface area contributed by atoms with Crippen LogP contribution >= 0.6 is 0 Å². The maximum atomic E-state index is 2.43. The van der Waals surface area contributed by atoms with E-state index >= 15 is 0 Å². The van der Waals surface area contributed by atoms with Crippen LogP contribution in [-0.2, 0) is 0 Å². The third-order valence-electron chi connectivity index (χ3n) is 9.88. The summed E-state index contributed by atoms with van der Waals surface area (Å²) in [6.45, 7) is 0. The van der Waals surface area contributed by atoms with Gasteiger partial charge in [-0.3, -0.25) is 0 Å². The molecule has 0 spiro atoms. The molecule has 0 atom stereocenters. The van der Waals surface area contributed by atoms with Crippen molar-refractivity contribution in [2.24, 2.45) is 0 Å². The molecule has 0 aliphatic rings. The number of hydrogen-bond donors (Lipinski definition) is 0. The van der Waals surface area contributed by atoms with Crippen LogP contribution in [0.4, 0.5) is 0 Å². The molecular formula is C50H34. The predicted octanol–water partition coefficient (Wildman–Crippen LogP) is 14.0. The normalized spacial score (nSPS) is 11.2. The summed E-state index contributed by atoms with van der Waals surface area (Å²) in [6.07, 6.45) is 0. The topological polar surface area (TPSA) is 0 Å². The van der Waals surface area contributed by atoms with Gasteiger partial charge in [0.1, 0.15) is 0 Å². The van der Waals surface area contributed by atoms with Crippen LogP contribution in [0.2, 0.25) is 0 Å². The molecule has 0 bridgehead atoms. The largest absolute Gasteiger partial charge is 0.0622 e. The van der Waals surface area contributed by atoms with Crippen LogP contribution in [0.1, 0.15) is 0 Å². The van der Waals surface area contributed by atoms with Crippen LogP contribution in [0, 0.1) is 0 Å². The lowest BCUT2D eigenvalue weighted by Crippen LogP contribution is -1.93. The molecule has 0 aliphatic heterocycles. The first-order valence-corrected chi connectivity index (χ1v) is 17.3. The average molecular weight is 635 g/mol. The summed E-state index contributed by atoms with van der Waals surface area (Å²) < 4.78 is 0. The predicted molar refractivity (Wildman–Crippen MR) is 214 cm³/mol. The highest BCUT2D eigenvalue weighted by Gasteiger charge is 2.19. The van der Waals surface area contributed by atoms with Gasteiger partial charge in [-0.15, -0.1) is 0 Å². The Morgan fingerprint density at radius 2 is 0.600 bits per heavy atom. The molecule has 50 heavy (non-hydrogen) atoms. The smallest absolute Gasteiger partial charge is 0.00261 e. The van der Waals surface area contributed by atoms with Gasteiger partial charge in [-0.25, -0.2) is 0 Å². The van der Waals surface area contributed by atoms with Crippen LogP contribution in [0.15, 0.2) is 206 Å². The van der Waals surface area contributed by atoms with Crippen molar-refractivity contribution < 1.29 is 0 Å². The molecule has 0 unspecified atom stereocenters. The first-order chi connectivity index (χ1) is 24.8. The third kappa shape index (κ3) is 5.28. The van der Waals surface area contributed by atoms with E-state index in [0.717, 1.165) is 0 Å². The Kier molecular flexibility index (Phi) is 7.61. The van der Waals surface area contributed by atoms with Gasteiger partial charge in [0.05, 0.1) is 0 Å². The molecule has 0 radical (unpaired) electrons. The Bertz CT molecular complexity index is 2560. The maximum absolute atomic E-state index is 2.43. The lowest BCUT2D eigenvalue weighted by molar-refractivity contribution is 1.55. The van der Waals surface area contributed by atoms with Gasteiger partial charge < -0.3 is 0 Å². The van der Waals surface area contributed by atoms with Crippen molar-refractivity contribution in [2.75, 3.05) is 0 Å². The van der Waals surface area contributed by atoms with Crippen molar-refractivity contribution in [3.8, 4) is 66.8 Å². The van der Waals surface area contributed by atoms with Crippen LogP contribution in [0.25, 0.3) is 88.3 Å². The van der Waals surface area contributed by atoms with Crippen molar-refractivity contribution in [3.63, 3.8) is 0 Å². The van der Waals surface area contributed by atoms with Crippen LogP contribution in [0.5, 0.6) is 0 Å². The molecule has 234 valence electrons. The Morgan fingerprint density at radius 3 is 1.20 bits per heavy atom. The van der Waals surface area contributed by atoms with E-state index in [-0.39, 0.29) is 0 Å². The van der Waals surface area contributed by atoms with Gasteiger partial charge in [0.15, 0.2) is 0 Å². The van der Waals surface area contributed by atoms with Gasteiger partial charge >= 0.3 is 0 Å². The molecule has 0 fully saturated rings. The summed E-state index contributed by atoms with van der Waals surface area (Å²) in [5, 5.41) is 5.04. The highest BCUT2D eigenvalue weighted by atomic mass is 14.2. The molecule has 0 heteroatoms. The average Bonchev–Trinajstić information content (AvgIpc) is 3.21. The van der Waals surface area contributed by atoms with E-state index in [1.807, 2.05) is 0 Å². The lowest BCUT2D eigenvalue weighted by Gasteiger charge is -2.20. The zero-order chi connectivity index (χ0) is 33.3. The van der Waals surface area contributed by atoms with Crippen molar-refractivity contribution >= 4 is 21.5 Å². The minimum absolute atomic E-state index is 1.19. The van der Waals surface area contributed by atoms with Gasteiger partial charge in [0.2, 0.25) is 0 Å². The summed E-state index contributed by atoms with van der Waals surface area (Å²) in [7, 11) is 0. The van der Waals surface area contributed by atoms with Crippen molar-refractivity contribution in [3.05, 3.63) is 206 Å². The molecule has 0 nitrogen and oxygen atoms in total. The second-order valence-electron chi connectivity index (χ2n) is 12.8. The second-order valence-corrected chi connectivity index (χ2v) is 12.8. The van der Waals surface area contributed by atoms with E-state index in [9.17, 15) is 0 Å². The summed E-state index contributed by atoms with van der Waals surface area (Å²) >= 11 is 0. The number of hydrogen-bond acceptors (Lipinski definition) is 0. The molecule has 0 amide bonds. The van der Waals surface area contributed by atoms with E-state index in [1.165, 1.54) is 88.3 Å². The Hall–Kier alpha value is -6.50. The van der Waals surface area contributed by atoms with Gasteiger partial charge in [-0.05, 0) is 100 Å². The van der Waals surface area contributed by atoms with Gasteiger partial charge in [0.25, 0.3) is 0 Å². The molecule has 0 N–H and O–H groups in total. The molecule has 0 saturated carbocycles. The van der Waals surface area contributed by atoms with Crippen molar-refractivity contribution in [1.29, 1.82) is 0 Å². The summed E-state index contributed by atoms with van der Waals surface area (Å²) in [6, 6.07) is 74.9. The highest BCUT2D eigenvalue weighted by molar-refractivity contribution is 6.21. The van der Waals surface area contributed by atoms with Crippen LogP contribution in [-0.4, -0.2) is 0 Å². The van der Waals surface area contributed by atoms with Crippen LogP contribution < -0.4 is 0 Å². The lowest BCUT2D eigenvalue weighted by atomic mass is 9.83. The fraction of sp³-hybridized carbons (Fsp3) is 0. The zero-order valence-corrected chi connectivity index (χ0v) is 27.6. The van der Waals surface area contributed by atoms with Crippen molar-refractivity contribution in [2.45, 2.75) is 0 Å². The molecule has 9 aromatic carbocycles. The maximum Gasteiger partial charge on any atom is -0.00261 e. The van der Waals surface area contributed by atoms with Gasteiger partial charge in [-0.2, -0.15) is 0 Å². The third-order valence-corrected chi connectivity index (χ3v) is 9.88. The highest BCUT2D eigenvalue weighted by Crippen LogP contribution is 2.46. The van der Waals surface area contributed by atoms with E-state index in [2.05, 4.69) is 206 Å². The Labute approximate surface area is 293 Å². The Morgan fingerprint density at radius 1 is 0.180 bits per heavy atom. The molecule has 9 rings (SSSR count). The molecule has 9 aromatic rings. The van der Waals surface area contributed by atoms with E-state index < -0.39 is 0 Å². The summed E-state index contributed by atoms with van der Waals surface area (Å²) in [5.41, 5.74) is 14.7. The fourth-order valence-electron chi connectivity index (χ4n) is 7.61. The van der Waals surface area contributed by atoms with Gasteiger partial charge in [-0.1, -0.05) is 194 Å². The quantitative estimate of drug-likeness (QED) is 0.160. The standard InChI is InChI=1S/C50H34/c1-4-17-35(18-5-1)38-23-16-24-39(33-38)48-34-40(31-32-43(48)42-26-11-10-25-41(42)36-19-6-2-7-20-36)50-46-29-14-12-27-44(46)49(37-21-8-3-9-22-37)45-28-13-15-30-47(45)50/h1-34H. The molecule has 0 aromatic heterocycles. The summed E-state index contributed by atoms with van der Waals surface area (Å²) in [4.78, 5) is 0. The number of fused-ring (bicyclic) bond motifs is 2. The number of benzene rings is 9. The fourth-order valence-corrected chi connectivity index (χ4v) is 7.61. The van der Waals surface area contributed by atoms with E-state index in [1.54, 1.807) is 0 Å². The molecule has 0 saturated heterocycles. The van der Waals surface area contributed by atoms with E-state index in [0.29, 0.717) is 0 Å². The molecule has 0 aliphatic carbocycles. The first-order valence-electron chi connectivity index (χ1n) is 17.3. The minimum atomic E-state index is 1.19. The Balaban J connectivity index is 1.34. The van der Waals surface area contributed by atoms with Gasteiger partial charge in [0, 0.05) is 0 Å².